The van der Waals surface area contributed by atoms with Crippen LogP contribution < -0.4 is 0 Å². The summed E-state index contributed by atoms with van der Waals surface area (Å²) in [6.45, 7) is 7.35. The fraction of sp³-hybridized carbons (Fsp3) is 0.857. The van der Waals surface area contributed by atoms with E-state index in [2.05, 4.69) is 0 Å². The quantitative estimate of drug-likeness (QED) is 0.789. The first-order valence-electron chi connectivity index (χ1n) is 6.78. The second kappa shape index (κ2) is 6.37. The molecule has 1 fully saturated rings. The summed E-state index contributed by atoms with van der Waals surface area (Å²) >= 11 is 0. The van der Waals surface area contributed by atoms with Crippen LogP contribution in [0.5, 0.6) is 0 Å². The van der Waals surface area contributed by atoms with Crippen LogP contribution in [-0.4, -0.2) is 48.7 Å². The summed E-state index contributed by atoms with van der Waals surface area (Å²) in [6.07, 6.45) is 1.77. The Morgan fingerprint density at radius 1 is 1.32 bits per heavy atom. The van der Waals surface area contributed by atoms with E-state index in [0.717, 1.165) is 12.8 Å². The highest BCUT2D eigenvalue weighted by atomic mass is 16.5. The Morgan fingerprint density at radius 2 is 1.84 bits per heavy atom. The van der Waals surface area contributed by atoms with E-state index < -0.39 is 17.3 Å². The van der Waals surface area contributed by atoms with Gasteiger partial charge >= 0.3 is 5.97 Å². The average molecular weight is 271 g/mol. The molecule has 0 aromatic carbocycles. The van der Waals surface area contributed by atoms with Crippen LogP contribution in [0.2, 0.25) is 0 Å². The minimum atomic E-state index is -1.03. The van der Waals surface area contributed by atoms with Crippen LogP contribution in [0.3, 0.4) is 0 Å². The number of piperidine rings is 1. The number of aliphatic carboxylic acids is 1. The molecular weight excluding hydrogens is 246 g/mol. The van der Waals surface area contributed by atoms with Gasteiger partial charge in [0, 0.05) is 26.8 Å². The number of likely N-dealkylation sites (tertiary alicyclic amines) is 1. The van der Waals surface area contributed by atoms with Crippen LogP contribution in [0.15, 0.2) is 0 Å². The monoisotopic (exact) mass is 271 g/mol. The number of carboxylic acid groups (broad SMARTS) is 1. The Kier molecular flexibility index (Phi) is 5.35. The zero-order valence-corrected chi connectivity index (χ0v) is 12.3. The Hall–Kier alpha value is -1.10. The molecular formula is C14H25NO4. The molecule has 0 aromatic heterocycles. The van der Waals surface area contributed by atoms with E-state index >= 15 is 0 Å². The summed E-state index contributed by atoms with van der Waals surface area (Å²) < 4.78 is 5.12. The summed E-state index contributed by atoms with van der Waals surface area (Å²) in [5.74, 6) is -1.77. The number of hydrogen-bond acceptors (Lipinski definition) is 3. The zero-order valence-electron chi connectivity index (χ0n) is 12.3. The molecule has 0 aromatic rings. The van der Waals surface area contributed by atoms with E-state index in [-0.39, 0.29) is 5.91 Å². The topological polar surface area (TPSA) is 66.8 Å². The van der Waals surface area contributed by atoms with Crippen molar-refractivity contribution in [2.24, 2.45) is 17.3 Å². The minimum absolute atomic E-state index is 0.254. The number of ether oxygens (including phenoxy) is 1. The highest BCUT2D eigenvalue weighted by molar-refractivity contribution is 5.97. The number of rotatable bonds is 4. The van der Waals surface area contributed by atoms with Crippen molar-refractivity contribution in [2.45, 2.75) is 33.6 Å². The maximum Gasteiger partial charge on any atom is 0.316 e. The van der Waals surface area contributed by atoms with Gasteiger partial charge in [-0.1, -0.05) is 20.8 Å². The van der Waals surface area contributed by atoms with Crippen LogP contribution >= 0.6 is 0 Å². The second-order valence-corrected chi connectivity index (χ2v) is 6.36. The molecule has 1 unspecified atom stereocenters. The predicted molar refractivity (Wildman–Crippen MR) is 71.8 cm³/mol. The molecule has 0 radical (unpaired) electrons. The summed E-state index contributed by atoms with van der Waals surface area (Å²) in [5.41, 5.74) is -0.563. The maximum atomic E-state index is 12.4. The lowest BCUT2D eigenvalue weighted by Gasteiger charge is -2.36. The van der Waals surface area contributed by atoms with Crippen LogP contribution in [0.4, 0.5) is 0 Å². The van der Waals surface area contributed by atoms with Crippen LogP contribution in [0, 0.1) is 17.3 Å². The molecule has 1 saturated heterocycles. The van der Waals surface area contributed by atoms with Gasteiger partial charge in [0.1, 0.15) is 5.92 Å². The number of amides is 1. The Morgan fingerprint density at radius 3 is 2.21 bits per heavy atom. The van der Waals surface area contributed by atoms with E-state index in [1.54, 1.807) is 32.8 Å². The van der Waals surface area contributed by atoms with Crippen molar-refractivity contribution in [3.05, 3.63) is 0 Å². The van der Waals surface area contributed by atoms with Gasteiger partial charge in [-0.05, 0) is 24.2 Å². The fourth-order valence-corrected chi connectivity index (χ4v) is 2.58. The molecule has 1 amide bonds. The third-order valence-corrected chi connectivity index (χ3v) is 3.69. The molecule has 1 aliphatic rings. The van der Waals surface area contributed by atoms with Gasteiger partial charge in [-0.2, -0.15) is 0 Å². The molecule has 19 heavy (non-hydrogen) atoms. The Bertz CT molecular complexity index is 327. The van der Waals surface area contributed by atoms with E-state index in [4.69, 9.17) is 4.74 Å². The molecule has 1 N–H and O–H groups in total. The number of nitrogens with zero attached hydrogens (tertiary/aromatic N) is 1. The molecule has 0 aliphatic carbocycles. The summed E-state index contributed by atoms with van der Waals surface area (Å²) in [5, 5.41) is 9.28. The molecule has 1 aliphatic heterocycles. The SMILES string of the molecule is COCC1CCN(C(=O)C(C(=O)O)C(C)(C)C)CC1. The smallest absolute Gasteiger partial charge is 0.316 e. The van der Waals surface area contributed by atoms with Crippen LogP contribution in [0.1, 0.15) is 33.6 Å². The summed E-state index contributed by atoms with van der Waals surface area (Å²) in [6, 6.07) is 0. The van der Waals surface area contributed by atoms with Gasteiger partial charge in [0.25, 0.3) is 0 Å². The van der Waals surface area contributed by atoms with Crippen molar-refractivity contribution in [2.75, 3.05) is 26.8 Å². The van der Waals surface area contributed by atoms with E-state index in [9.17, 15) is 14.7 Å². The molecule has 0 spiro atoms. The molecule has 1 atom stereocenters. The van der Waals surface area contributed by atoms with Gasteiger partial charge in [0.2, 0.25) is 5.91 Å². The Labute approximate surface area is 114 Å². The first kappa shape index (κ1) is 16.0. The van der Waals surface area contributed by atoms with Crippen molar-refractivity contribution in [1.29, 1.82) is 0 Å². The largest absolute Gasteiger partial charge is 0.481 e. The molecule has 5 heteroatoms. The van der Waals surface area contributed by atoms with E-state index in [1.807, 2.05) is 0 Å². The fourth-order valence-electron chi connectivity index (χ4n) is 2.58. The molecule has 0 saturated carbocycles. The van der Waals surface area contributed by atoms with Crippen molar-refractivity contribution in [3.8, 4) is 0 Å². The highest BCUT2D eigenvalue weighted by Crippen LogP contribution is 2.29. The van der Waals surface area contributed by atoms with E-state index in [0.29, 0.717) is 25.6 Å². The lowest BCUT2D eigenvalue weighted by molar-refractivity contribution is -0.157. The van der Waals surface area contributed by atoms with Gasteiger partial charge in [-0.3, -0.25) is 9.59 Å². The lowest BCUT2D eigenvalue weighted by Crippen LogP contribution is -2.48. The molecule has 5 nitrogen and oxygen atoms in total. The highest BCUT2D eigenvalue weighted by Gasteiger charge is 2.40. The van der Waals surface area contributed by atoms with Gasteiger partial charge in [0.15, 0.2) is 0 Å². The third kappa shape index (κ3) is 4.20. The second-order valence-electron chi connectivity index (χ2n) is 6.36. The van der Waals surface area contributed by atoms with Gasteiger partial charge in [0.05, 0.1) is 0 Å². The number of carboxylic acids is 1. The number of carbonyl (C=O) groups excluding carboxylic acids is 1. The minimum Gasteiger partial charge on any atom is -0.481 e. The van der Waals surface area contributed by atoms with Gasteiger partial charge < -0.3 is 14.7 Å². The number of methoxy groups -OCH3 is 1. The van der Waals surface area contributed by atoms with Crippen LogP contribution in [0.25, 0.3) is 0 Å². The molecule has 0 bridgehead atoms. The average Bonchev–Trinajstić information content (AvgIpc) is 2.27. The molecule has 1 heterocycles. The number of carbonyl (C=O) groups is 2. The van der Waals surface area contributed by atoms with Gasteiger partial charge in [-0.15, -0.1) is 0 Å². The molecule has 1 rings (SSSR count). The van der Waals surface area contributed by atoms with Crippen molar-refractivity contribution < 1.29 is 19.4 Å². The summed E-state index contributed by atoms with van der Waals surface area (Å²) in [7, 11) is 1.68. The predicted octanol–water partition coefficient (Wildman–Crippen LogP) is 1.62. The lowest BCUT2D eigenvalue weighted by atomic mass is 9.79. The maximum absolute atomic E-state index is 12.4. The summed E-state index contributed by atoms with van der Waals surface area (Å²) in [4.78, 5) is 25.4. The Balaban J connectivity index is 2.65. The first-order chi connectivity index (χ1) is 8.77. The molecule has 110 valence electrons. The zero-order chi connectivity index (χ0) is 14.6. The van der Waals surface area contributed by atoms with Crippen LogP contribution in [-0.2, 0) is 14.3 Å². The van der Waals surface area contributed by atoms with E-state index in [1.165, 1.54) is 0 Å². The third-order valence-electron chi connectivity index (χ3n) is 3.69. The first-order valence-corrected chi connectivity index (χ1v) is 6.78. The van der Waals surface area contributed by atoms with Crippen molar-refractivity contribution >= 4 is 11.9 Å². The van der Waals surface area contributed by atoms with Gasteiger partial charge in [-0.25, -0.2) is 0 Å². The van der Waals surface area contributed by atoms with Crippen molar-refractivity contribution in [1.82, 2.24) is 4.90 Å². The standard InChI is InChI=1S/C14H25NO4/c1-14(2,3)11(13(17)18)12(16)15-7-5-10(6-8-15)9-19-4/h10-11H,5-9H2,1-4H3,(H,17,18). The normalized spacial score (nSPS) is 19.3. The number of hydrogen-bond donors (Lipinski definition) is 1. The van der Waals surface area contributed by atoms with Crippen molar-refractivity contribution in [3.63, 3.8) is 0 Å².